The quantitative estimate of drug-likeness (QED) is 0.892. The molecule has 1 aromatic carbocycles. The van der Waals surface area contributed by atoms with Crippen LogP contribution in [0.1, 0.15) is 29.7 Å². The molecule has 0 radical (unpaired) electrons. The van der Waals surface area contributed by atoms with Gasteiger partial charge in [-0.3, -0.25) is 5.10 Å². The van der Waals surface area contributed by atoms with Gasteiger partial charge in [-0.2, -0.15) is 5.26 Å². The smallest absolute Gasteiger partial charge is 0.244 e. The second-order valence-corrected chi connectivity index (χ2v) is 5.19. The SMILES string of the molecule is CCc1[nH]nc2c1[C@@H](c1cccc(Cl)c1)C(C#N)=C(N)O2. The van der Waals surface area contributed by atoms with E-state index in [4.69, 9.17) is 22.1 Å². The molecule has 1 aliphatic rings. The summed E-state index contributed by atoms with van der Waals surface area (Å²) in [6.07, 6.45) is 0.751. The molecule has 106 valence electrons. The number of aromatic amines is 1. The van der Waals surface area contributed by atoms with Crippen LogP contribution in [-0.2, 0) is 6.42 Å². The first-order chi connectivity index (χ1) is 10.2. The first kappa shape index (κ1) is 13.5. The van der Waals surface area contributed by atoms with Crippen molar-refractivity contribution in [2.45, 2.75) is 19.3 Å². The van der Waals surface area contributed by atoms with Crippen LogP contribution in [0.3, 0.4) is 0 Å². The third kappa shape index (κ3) is 2.14. The minimum Gasteiger partial charge on any atom is -0.420 e. The van der Waals surface area contributed by atoms with Crippen molar-refractivity contribution in [3.63, 3.8) is 0 Å². The van der Waals surface area contributed by atoms with E-state index in [1.807, 2.05) is 25.1 Å². The Balaban J connectivity index is 2.25. The molecule has 0 aliphatic carbocycles. The Morgan fingerprint density at radius 1 is 1.52 bits per heavy atom. The van der Waals surface area contributed by atoms with Crippen LogP contribution in [0.25, 0.3) is 0 Å². The van der Waals surface area contributed by atoms with Gasteiger partial charge in [-0.05, 0) is 24.1 Å². The number of nitrogens with one attached hydrogen (secondary N) is 1. The third-order valence-corrected chi connectivity index (χ3v) is 3.79. The van der Waals surface area contributed by atoms with Crippen LogP contribution in [0.15, 0.2) is 35.7 Å². The molecule has 0 fully saturated rings. The predicted molar refractivity (Wildman–Crippen MR) is 78.7 cm³/mol. The number of nitriles is 1. The fraction of sp³-hybridized carbons (Fsp3) is 0.200. The number of rotatable bonds is 2. The van der Waals surface area contributed by atoms with Crippen LogP contribution < -0.4 is 10.5 Å². The second kappa shape index (κ2) is 5.15. The number of benzene rings is 1. The number of aromatic nitrogens is 2. The Morgan fingerprint density at radius 3 is 3.00 bits per heavy atom. The van der Waals surface area contributed by atoms with Crippen molar-refractivity contribution in [1.82, 2.24) is 10.2 Å². The van der Waals surface area contributed by atoms with Crippen LogP contribution in [-0.4, -0.2) is 10.2 Å². The van der Waals surface area contributed by atoms with Gasteiger partial charge in [-0.15, -0.1) is 5.10 Å². The largest absolute Gasteiger partial charge is 0.420 e. The van der Waals surface area contributed by atoms with E-state index >= 15 is 0 Å². The summed E-state index contributed by atoms with van der Waals surface area (Å²) in [4.78, 5) is 0. The van der Waals surface area contributed by atoms with Gasteiger partial charge >= 0.3 is 0 Å². The summed E-state index contributed by atoms with van der Waals surface area (Å²) in [6.45, 7) is 2.01. The Hall–Kier alpha value is -2.45. The van der Waals surface area contributed by atoms with Gasteiger partial charge in [0.25, 0.3) is 0 Å². The Bertz CT molecular complexity index is 772. The van der Waals surface area contributed by atoms with Crippen molar-refractivity contribution in [1.29, 1.82) is 5.26 Å². The van der Waals surface area contributed by atoms with Gasteiger partial charge in [-0.25, -0.2) is 0 Å². The van der Waals surface area contributed by atoms with E-state index in [-0.39, 0.29) is 11.8 Å². The zero-order valence-corrected chi connectivity index (χ0v) is 12.1. The summed E-state index contributed by atoms with van der Waals surface area (Å²) in [6, 6.07) is 9.54. The number of nitrogens with two attached hydrogens (primary N) is 1. The molecule has 0 saturated heterocycles. The van der Waals surface area contributed by atoms with Crippen molar-refractivity contribution in [3.8, 4) is 11.9 Å². The van der Waals surface area contributed by atoms with Gasteiger partial charge in [0.05, 0.1) is 5.92 Å². The number of hydrogen-bond donors (Lipinski definition) is 2. The molecule has 0 spiro atoms. The number of aryl methyl sites for hydroxylation is 1. The van der Waals surface area contributed by atoms with Crippen LogP contribution in [0.4, 0.5) is 0 Å². The van der Waals surface area contributed by atoms with Crippen LogP contribution >= 0.6 is 11.6 Å². The summed E-state index contributed by atoms with van der Waals surface area (Å²) >= 11 is 6.08. The Kier molecular flexibility index (Phi) is 3.32. The highest BCUT2D eigenvalue weighted by Crippen LogP contribution is 2.43. The molecule has 1 atom stereocenters. The molecule has 3 N–H and O–H groups in total. The molecule has 1 aromatic heterocycles. The molecular formula is C15H13ClN4O. The van der Waals surface area contributed by atoms with E-state index in [9.17, 15) is 5.26 Å². The highest BCUT2D eigenvalue weighted by Gasteiger charge is 2.34. The lowest BCUT2D eigenvalue weighted by molar-refractivity contribution is 0.378. The lowest BCUT2D eigenvalue weighted by Gasteiger charge is -2.24. The van der Waals surface area contributed by atoms with Gasteiger partial charge in [-0.1, -0.05) is 30.7 Å². The maximum absolute atomic E-state index is 9.46. The first-order valence-corrected chi connectivity index (χ1v) is 6.93. The zero-order chi connectivity index (χ0) is 15.0. The molecule has 1 aliphatic heterocycles. The summed E-state index contributed by atoms with van der Waals surface area (Å²) < 4.78 is 5.46. The fourth-order valence-electron chi connectivity index (χ4n) is 2.60. The van der Waals surface area contributed by atoms with E-state index in [0.717, 1.165) is 23.2 Å². The van der Waals surface area contributed by atoms with Crippen molar-refractivity contribution in [3.05, 3.63) is 57.6 Å². The maximum Gasteiger partial charge on any atom is 0.244 e. The average Bonchev–Trinajstić information content (AvgIpc) is 2.88. The molecule has 2 heterocycles. The van der Waals surface area contributed by atoms with Gasteiger partial charge < -0.3 is 10.5 Å². The minimum absolute atomic E-state index is 0.0872. The van der Waals surface area contributed by atoms with Crippen LogP contribution in [0.5, 0.6) is 5.88 Å². The van der Waals surface area contributed by atoms with Crippen LogP contribution in [0.2, 0.25) is 5.02 Å². The maximum atomic E-state index is 9.46. The molecule has 5 nitrogen and oxygen atoms in total. The van der Waals surface area contributed by atoms with E-state index in [0.29, 0.717) is 16.5 Å². The van der Waals surface area contributed by atoms with E-state index < -0.39 is 0 Å². The minimum atomic E-state index is -0.314. The molecule has 0 unspecified atom stereocenters. The second-order valence-electron chi connectivity index (χ2n) is 4.75. The first-order valence-electron chi connectivity index (χ1n) is 6.55. The number of allylic oxidation sites excluding steroid dienone is 1. The molecule has 2 aromatic rings. The number of fused-ring (bicyclic) bond motifs is 1. The molecule has 0 bridgehead atoms. The Morgan fingerprint density at radius 2 is 2.33 bits per heavy atom. The lowest BCUT2D eigenvalue weighted by Crippen LogP contribution is -2.21. The molecule has 21 heavy (non-hydrogen) atoms. The standard InChI is InChI=1S/C15H13ClN4O/c1-2-11-13-12(8-4-3-5-9(16)6-8)10(7-17)14(18)21-15(13)20-19-11/h3-6,12H,2,18H2,1H3,(H,19,20)/t12-/m0/s1. The van der Waals surface area contributed by atoms with Gasteiger partial charge in [0, 0.05) is 16.3 Å². The predicted octanol–water partition coefficient (Wildman–Crippen LogP) is 2.84. The normalized spacial score (nSPS) is 17.1. The highest BCUT2D eigenvalue weighted by atomic mass is 35.5. The topological polar surface area (TPSA) is 87.7 Å². The van der Waals surface area contributed by atoms with E-state index in [1.165, 1.54) is 0 Å². The fourth-order valence-corrected chi connectivity index (χ4v) is 2.80. The average molecular weight is 301 g/mol. The third-order valence-electron chi connectivity index (χ3n) is 3.55. The molecule has 0 amide bonds. The van der Waals surface area contributed by atoms with Crippen molar-refractivity contribution < 1.29 is 4.74 Å². The van der Waals surface area contributed by atoms with Gasteiger partial charge in [0.2, 0.25) is 11.8 Å². The summed E-state index contributed by atoms with van der Waals surface area (Å²) in [5, 5.41) is 17.2. The molecule has 6 heteroatoms. The molecular weight excluding hydrogens is 288 g/mol. The number of halogens is 1. The van der Waals surface area contributed by atoms with Gasteiger partial charge in [0.1, 0.15) is 11.6 Å². The summed E-state index contributed by atoms with van der Waals surface area (Å²) in [7, 11) is 0. The highest BCUT2D eigenvalue weighted by molar-refractivity contribution is 6.30. The van der Waals surface area contributed by atoms with Gasteiger partial charge in [0.15, 0.2) is 0 Å². The van der Waals surface area contributed by atoms with Crippen molar-refractivity contribution in [2.24, 2.45) is 5.73 Å². The number of ether oxygens (including phenoxy) is 1. The number of nitrogens with zero attached hydrogens (tertiary/aromatic N) is 2. The summed E-state index contributed by atoms with van der Waals surface area (Å²) in [5.74, 6) is 0.198. The molecule has 0 saturated carbocycles. The van der Waals surface area contributed by atoms with E-state index in [1.54, 1.807) is 6.07 Å². The number of H-pyrrole nitrogens is 1. The zero-order valence-electron chi connectivity index (χ0n) is 11.4. The lowest BCUT2D eigenvalue weighted by atomic mass is 9.84. The van der Waals surface area contributed by atoms with Crippen molar-refractivity contribution in [2.75, 3.05) is 0 Å². The van der Waals surface area contributed by atoms with E-state index in [2.05, 4.69) is 16.3 Å². The van der Waals surface area contributed by atoms with Crippen molar-refractivity contribution >= 4 is 11.6 Å². The number of hydrogen-bond acceptors (Lipinski definition) is 4. The monoisotopic (exact) mass is 300 g/mol. The Labute approximate surface area is 127 Å². The summed E-state index contributed by atoms with van der Waals surface area (Å²) in [5.41, 5.74) is 8.91. The van der Waals surface area contributed by atoms with Crippen LogP contribution in [0, 0.1) is 11.3 Å². The molecule has 3 rings (SSSR count).